The summed E-state index contributed by atoms with van der Waals surface area (Å²) in [6.07, 6.45) is 5.43. The fourth-order valence-corrected chi connectivity index (χ4v) is 2.32. The average molecular weight is 243 g/mol. The Balaban J connectivity index is 1.62. The predicted octanol–water partition coefficient (Wildman–Crippen LogP) is 3.59. The molecule has 0 saturated carbocycles. The molecule has 0 fully saturated rings. The van der Waals surface area contributed by atoms with E-state index in [4.69, 9.17) is 0 Å². The molecule has 1 aromatic carbocycles. The molecule has 2 aromatic rings. The SMILES string of the molecule is C(=Cc1ccccc1)CNCCc1ccsc1. The van der Waals surface area contributed by atoms with E-state index in [0.717, 1.165) is 19.5 Å². The van der Waals surface area contributed by atoms with Gasteiger partial charge in [-0.15, -0.1) is 0 Å². The van der Waals surface area contributed by atoms with E-state index in [2.05, 4.69) is 58.6 Å². The van der Waals surface area contributed by atoms with Gasteiger partial charge in [0.2, 0.25) is 0 Å². The van der Waals surface area contributed by atoms with E-state index in [1.807, 2.05) is 6.07 Å². The maximum Gasteiger partial charge on any atom is 0.0138 e. The van der Waals surface area contributed by atoms with Gasteiger partial charge in [0.15, 0.2) is 0 Å². The molecular weight excluding hydrogens is 226 g/mol. The molecule has 0 amide bonds. The predicted molar refractivity (Wildman–Crippen MR) is 76.4 cm³/mol. The van der Waals surface area contributed by atoms with Crippen molar-refractivity contribution in [2.75, 3.05) is 13.1 Å². The summed E-state index contributed by atoms with van der Waals surface area (Å²) in [6, 6.07) is 12.6. The van der Waals surface area contributed by atoms with Crippen LogP contribution in [0.5, 0.6) is 0 Å². The third kappa shape index (κ3) is 4.55. The highest BCUT2D eigenvalue weighted by Gasteiger charge is 1.91. The first-order valence-corrected chi connectivity index (χ1v) is 6.83. The second kappa shape index (κ2) is 7.05. The molecule has 0 aliphatic heterocycles. The molecule has 0 aliphatic carbocycles. The lowest BCUT2D eigenvalue weighted by atomic mass is 10.2. The summed E-state index contributed by atoms with van der Waals surface area (Å²) in [5, 5.41) is 7.75. The van der Waals surface area contributed by atoms with E-state index in [-0.39, 0.29) is 0 Å². The van der Waals surface area contributed by atoms with Crippen molar-refractivity contribution in [2.24, 2.45) is 0 Å². The molecule has 1 aromatic heterocycles. The van der Waals surface area contributed by atoms with Gasteiger partial charge in [0.05, 0.1) is 0 Å². The summed E-state index contributed by atoms with van der Waals surface area (Å²) >= 11 is 1.76. The Labute approximate surface area is 107 Å². The zero-order valence-corrected chi connectivity index (χ0v) is 10.6. The number of nitrogens with one attached hydrogen (secondary N) is 1. The van der Waals surface area contributed by atoms with Crippen LogP contribution in [0, 0.1) is 0 Å². The highest BCUT2D eigenvalue weighted by Crippen LogP contribution is 2.05. The summed E-state index contributed by atoms with van der Waals surface area (Å²) in [5.41, 5.74) is 2.68. The van der Waals surface area contributed by atoms with Gasteiger partial charge in [-0.25, -0.2) is 0 Å². The van der Waals surface area contributed by atoms with Crippen LogP contribution in [0.15, 0.2) is 53.2 Å². The van der Waals surface area contributed by atoms with Crippen molar-refractivity contribution in [2.45, 2.75) is 6.42 Å². The van der Waals surface area contributed by atoms with Crippen molar-refractivity contribution >= 4 is 17.4 Å². The molecule has 2 rings (SSSR count). The standard InChI is InChI=1S/C15H17NS/c1-2-5-14(6-3-1)7-4-10-16-11-8-15-9-12-17-13-15/h1-7,9,12-13,16H,8,10-11H2. The fourth-order valence-electron chi connectivity index (χ4n) is 1.61. The average Bonchev–Trinajstić information content (AvgIpc) is 2.88. The Morgan fingerprint density at radius 2 is 2.00 bits per heavy atom. The van der Waals surface area contributed by atoms with Crippen molar-refractivity contribution in [3.63, 3.8) is 0 Å². The maximum atomic E-state index is 3.41. The highest BCUT2D eigenvalue weighted by atomic mass is 32.1. The van der Waals surface area contributed by atoms with E-state index >= 15 is 0 Å². The Hall–Kier alpha value is -1.38. The molecule has 0 bridgehead atoms. The first-order chi connectivity index (χ1) is 8.45. The summed E-state index contributed by atoms with van der Waals surface area (Å²) < 4.78 is 0. The van der Waals surface area contributed by atoms with Gasteiger partial charge in [-0.1, -0.05) is 42.5 Å². The lowest BCUT2D eigenvalue weighted by Crippen LogP contribution is -2.16. The van der Waals surface area contributed by atoms with E-state index < -0.39 is 0 Å². The summed E-state index contributed by atoms with van der Waals surface area (Å²) in [6.45, 7) is 1.97. The van der Waals surface area contributed by atoms with Crippen molar-refractivity contribution in [3.05, 3.63) is 64.4 Å². The Morgan fingerprint density at radius 1 is 1.12 bits per heavy atom. The van der Waals surface area contributed by atoms with Crippen LogP contribution in [0.25, 0.3) is 6.08 Å². The lowest BCUT2D eigenvalue weighted by molar-refractivity contribution is 0.747. The quantitative estimate of drug-likeness (QED) is 0.764. The van der Waals surface area contributed by atoms with Gasteiger partial charge in [0, 0.05) is 6.54 Å². The fraction of sp³-hybridized carbons (Fsp3) is 0.200. The zero-order chi connectivity index (χ0) is 11.8. The van der Waals surface area contributed by atoms with Gasteiger partial charge in [0.25, 0.3) is 0 Å². The molecule has 1 nitrogen and oxygen atoms in total. The Kier molecular flexibility index (Phi) is 5.01. The van der Waals surface area contributed by atoms with Crippen LogP contribution in [0.3, 0.4) is 0 Å². The van der Waals surface area contributed by atoms with Crippen LogP contribution in [0.1, 0.15) is 11.1 Å². The van der Waals surface area contributed by atoms with Crippen LogP contribution in [-0.4, -0.2) is 13.1 Å². The van der Waals surface area contributed by atoms with Gasteiger partial charge >= 0.3 is 0 Å². The summed E-state index contributed by atoms with van der Waals surface area (Å²) in [4.78, 5) is 0. The van der Waals surface area contributed by atoms with Crippen molar-refractivity contribution in [1.82, 2.24) is 5.32 Å². The van der Waals surface area contributed by atoms with Crippen LogP contribution in [-0.2, 0) is 6.42 Å². The van der Waals surface area contributed by atoms with Gasteiger partial charge < -0.3 is 5.32 Å². The second-order valence-corrected chi connectivity index (χ2v) is 4.68. The van der Waals surface area contributed by atoms with Crippen molar-refractivity contribution < 1.29 is 0 Å². The van der Waals surface area contributed by atoms with Gasteiger partial charge in [-0.3, -0.25) is 0 Å². The minimum Gasteiger partial charge on any atom is -0.313 e. The van der Waals surface area contributed by atoms with E-state index in [1.165, 1.54) is 11.1 Å². The molecule has 0 spiro atoms. The largest absolute Gasteiger partial charge is 0.313 e. The van der Waals surface area contributed by atoms with Gasteiger partial charge in [-0.05, 0) is 40.9 Å². The molecule has 0 unspecified atom stereocenters. The molecule has 0 aliphatic rings. The Bertz CT molecular complexity index is 431. The molecule has 1 heterocycles. The minimum atomic E-state index is 0.930. The first-order valence-electron chi connectivity index (χ1n) is 5.88. The first kappa shape index (κ1) is 12.1. The topological polar surface area (TPSA) is 12.0 Å². The second-order valence-electron chi connectivity index (χ2n) is 3.90. The van der Waals surface area contributed by atoms with Crippen molar-refractivity contribution in [3.8, 4) is 0 Å². The van der Waals surface area contributed by atoms with E-state index in [0.29, 0.717) is 0 Å². The number of benzene rings is 1. The smallest absolute Gasteiger partial charge is 0.0138 e. The van der Waals surface area contributed by atoms with Crippen molar-refractivity contribution in [1.29, 1.82) is 0 Å². The molecule has 1 N–H and O–H groups in total. The molecule has 0 radical (unpaired) electrons. The third-order valence-electron chi connectivity index (χ3n) is 2.54. The molecular formula is C15H17NS. The third-order valence-corrected chi connectivity index (χ3v) is 3.27. The monoisotopic (exact) mass is 243 g/mol. The number of hydrogen-bond donors (Lipinski definition) is 1. The molecule has 17 heavy (non-hydrogen) atoms. The highest BCUT2D eigenvalue weighted by molar-refractivity contribution is 7.07. The zero-order valence-electron chi connectivity index (χ0n) is 9.80. The number of rotatable bonds is 6. The normalized spacial score (nSPS) is 11.1. The van der Waals surface area contributed by atoms with Crippen LogP contribution >= 0.6 is 11.3 Å². The minimum absolute atomic E-state index is 0.930. The number of hydrogen-bond acceptors (Lipinski definition) is 2. The maximum absolute atomic E-state index is 3.41. The molecule has 0 atom stereocenters. The number of thiophene rings is 1. The lowest BCUT2D eigenvalue weighted by Gasteiger charge is -1.99. The Morgan fingerprint density at radius 3 is 2.76 bits per heavy atom. The van der Waals surface area contributed by atoms with Gasteiger partial charge in [-0.2, -0.15) is 11.3 Å². The summed E-state index contributed by atoms with van der Waals surface area (Å²) in [5.74, 6) is 0. The van der Waals surface area contributed by atoms with Crippen LogP contribution in [0.2, 0.25) is 0 Å². The van der Waals surface area contributed by atoms with E-state index in [1.54, 1.807) is 11.3 Å². The molecule has 88 valence electrons. The van der Waals surface area contributed by atoms with Gasteiger partial charge in [0.1, 0.15) is 0 Å². The summed E-state index contributed by atoms with van der Waals surface area (Å²) in [7, 11) is 0. The molecule has 0 saturated heterocycles. The van der Waals surface area contributed by atoms with Crippen LogP contribution in [0.4, 0.5) is 0 Å². The molecule has 2 heteroatoms. The van der Waals surface area contributed by atoms with E-state index in [9.17, 15) is 0 Å². The van der Waals surface area contributed by atoms with Crippen LogP contribution < -0.4 is 5.32 Å².